The van der Waals surface area contributed by atoms with Crippen LogP contribution in [0.5, 0.6) is 0 Å². The number of benzene rings is 1. The van der Waals surface area contributed by atoms with Gasteiger partial charge in [0.15, 0.2) is 0 Å². The molecule has 4 aliphatic rings. The van der Waals surface area contributed by atoms with Gasteiger partial charge in [0.05, 0.1) is 5.92 Å². The van der Waals surface area contributed by atoms with Crippen molar-refractivity contribution in [2.75, 3.05) is 19.6 Å². The van der Waals surface area contributed by atoms with Gasteiger partial charge in [0, 0.05) is 31.6 Å². The molecule has 4 fully saturated rings. The van der Waals surface area contributed by atoms with Crippen LogP contribution >= 0.6 is 0 Å². The normalized spacial score (nSPS) is 28.5. The summed E-state index contributed by atoms with van der Waals surface area (Å²) in [5, 5.41) is 0. The van der Waals surface area contributed by atoms with Crippen molar-refractivity contribution in [2.45, 2.75) is 56.9 Å². The van der Waals surface area contributed by atoms with Crippen LogP contribution in [0.3, 0.4) is 0 Å². The molecule has 4 heteroatoms. The minimum Gasteiger partial charge on any atom is -0.342 e. The number of hydrogen-bond acceptors (Lipinski definition) is 2. The highest BCUT2D eigenvalue weighted by Gasteiger charge is 2.50. The Kier molecular flexibility index (Phi) is 3.84. The Labute approximate surface area is 155 Å². The third-order valence-electron chi connectivity index (χ3n) is 6.98. The van der Waals surface area contributed by atoms with Gasteiger partial charge in [-0.1, -0.05) is 30.3 Å². The van der Waals surface area contributed by atoms with Crippen molar-refractivity contribution in [2.24, 2.45) is 11.3 Å². The lowest BCUT2D eigenvalue weighted by Gasteiger charge is -2.50. The standard InChI is InChI=1S/C22H28N2O2/c25-20(17-6-7-17)23-12-10-22(11-13-23)14-19(16-4-2-1-3-5-16)21(26)24(15-22)18-8-9-18/h1-5,17-19H,6-15H2/t19-/m1/s1. The highest BCUT2D eigenvalue weighted by atomic mass is 16.2. The van der Waals surface area contributed by atoms with Gasteiger partial charge in [-0.3, -0.25) is 9.59 Å². The number of amides is 2. The maximum atomic E-state index is 13.2. The van der Waals surface area contributed by atoms with Crippen molar-refractivity contribution in [3.63, 3.8) is 0 Å². The first-order chi connectivity index (χ1) is 12.7. The molecule has 0 aromatic heterocycles. The van der Waals surface area contributed by atoms with Crippen LogP contribution in [-0.2, 0) is 9.59 Å². The summed E-state index contributed by atoms with van der Waals surface area (Å²) in [4.78, 5) is 29.9. The van der Waals surface area contributed by atoms with E-state index in [0.29, 0.717) is 23.8 Å². The molecule has 1 aromatic rings. The van der Waals surface area contributed by atoms with Crippen LogP contribution in [-0.4, -0.2) is 47.3 Å². The van der Waals surface area contributed by atoms with Crippen molar-refractivity contribution < 1.29 is 9.59 Å². The summed E-state index contributed by atoms with van der Waals surface area (Å²) < 4.78 is 0. The van der Waals surface area contributed by atoms with Gasteiger partial charge >= 0.3 is 0 Å². The highest BCUT2D eigenvalue weighted by Crippen LogP contribution is 2.48. The molecule has 2 aliphatic carbocycles. The predicted molar refractivity (Wildman–Crippen MR) is 99.5 cm³/mol. The van der Waals surface area contributed by atoms with Crippen LogP contribution < -0.4 is 0 Å². The summed E-state index contributed by atoms with van der Waals surface area (Å²) in [6.45, 7) is 2.67. The van der Waals surface area contributed by atoms with Crippen LogP contribution in [0.1, 0.15) is 56.4 Å². The molecule has 1 aromatic carbocycles. The molecule has 0 N–H and O–H groups in total. The second-order valence-corrected chi connectivity index (χ2v) is 8.96. The second kappa shape index (κ2) is 6.11. The van der Waals surface area contributed by atoms with Crippen molar-refractivity contribution in [1.29, 1.82) is 0 Å². The Morgan fingerprint density at radius 3 is 2.31 bits per heavy atom. The molecule has 0 unspecified atom stereocenters. The van der Waals surface area contributed by atoms with E-state index in [1.54, 1.807) is 0 Å². The minimum atomic E-state index is -0.00349. The van der Waals surface area contributed by atoms with Gasteiger partial charge in [-0.25, -0.2) is 0 Å². The first kappa shape index (κ1) is 16.3. The lowest BCUT2D eigenvalue weighted by molar-refractivity contribution is -0.145. The largest absolute Gasteiger partial charge is 0.342 e. The Balaban J connectivity index is 1.36. The van der Waals surface area contributed by atoms with Gasteiger partial charge in [0.25, 0.3) is 0 Å². The highest BCUT2D eigenvalue weighted by molar-refractivity contribution is 5.85. The fourth-order valence-corrected chi connectivity index (χ4v) is 5.02. The van der Waals surface area contributed by atoms with E-state index in [-0.39, 0.29) is 11.3 Å². The number of hydrogen-bond donors (Lipinski definition) is 0. The van der Waals surface area contributed by atoms with Gasteiger partial charge < -0.3 is 9.80 Å². The molecule has 2 amide bonds. The molecule has 2 heterocycles. The van der Waals surface area contributed by atoms with Crippen molar-refractivity contribution in [1.82, 2.24) is 9.80 Å². The maximum absolute atomic E-state index is 13.2. The molecular formula is C22H28N2O2. The van der Waals surface area contributed by atoms with Crippen LogP contribution in [0.15, 0.2) is 30.3 Å². The summed E-state index contributed by atoms with van der Waals surface area (Å²) in [5.41, 5.74) is 1.36. The molecule has 2 saturated heterocycles. The Hall–Kier alpha value is -1.84. The average Bonchev–Trinajstić information content (AvgIpc) is 3.57. The second-order valence-electron chi connectivity index (χ2n) is 8.96. The van der Waals surface area contributed by atoms with E-state index >= 15 is 0 Å². The van der Waals surface area contributed by atoms with Crippen LogP contribution in [0.2, 0.25) is 0 Å². The first-order valence-electron chi connectivity index (χ1n) is 10.3. The van der Waals surface area contributed by atoms with E-state index in [1.807, 2.05) is 18.2 Å². The van der Waals surface area contributed by atoms with E-state index in [2.05, 4.69) is 21.9 Å². The van der Waals surface area contributed by atoms with Crippen LogP contribution in [0, 0.1) is 11.3 Å². The van der Waals surface area contributed by atoms with Crippen molar-refractivity contribution >= 4 is 11.8 Å². The Bertz CT molecular complexity index is 700. The van der Waals surface area contributed by atoms with E-state index < -0.39 is 0 Å². The minimum absolute atomic E-state index is 0.00349. The van der Waals surface area contributed by atoms with Gasteiger partial charge in [-0.15, -0.1) is 0 Å². The molecule has 138 valence electrons. The van der Waals surface area contributed by atoms with Crippen LogP contribution in [0.25, 0.3) is 0 Å². The summed E-state index contributed by atoms with van der Waals surface area (Å²) in [7, 11) is 0. The Morgan fingerprint density at radius 2 is 1.69 bits per heavy atom. The number of carbonyl (C=O) groups excluding carboxylic acids is 2. The molecule has 0 radical (unpaired) electrons. The number of rotatable bonds is 3. The molecule has 2 saturated carbocycles. The predicted octanol–water partition coefficient (Wildman–Crippen LogP) is 3.18. The zero-order valence-electron chi connectivity index (χ0n) is 15.4. The third-order valence-corrected chi connectivity index (χ3v) is 6.98. The quantitative estimate of drug-likeness (QED) is 0.838. The van der Waals surface area contributed by atoms with Crippen LogP contribution in [0.4, 0.5) is 0 Å². The van der Waals surface area contributed by atoms with Crippen molar-refractivity contribution in [3.8, 4) is 0 Å². The fraction of sp³-hybridized carbons (Fsp3) is 0.636. The van der Waals surface area contributed by atoms with Gasteiger partial charge in [-0.05, 0) is 55.9 Å². The third kappa shape index (κ3) is 2.93. The topological polar surface area (TPSA) is 40.6 Å². The van der Waals surface area contributed by atoms with Gasteiger partial charge in [0.1, 0.15) is 0 Å². The zero-order chi connectivity index (χ0) is 17.7. The number of likely N-dealkylation sites (tertiary alicyclic amines) is 2. The van der Waals surface area contributed by atoms with Gasteiger partial charge in [0.2, 0.25) is 11.8 Å². The first-order valence-corrected chi connectivity index (χ1v) is 10.3. The molecule has 26 heavy (non-hydrogen) atoms. The molecular weight excluding hydrogens is 324 g/mol. The van der Waals surface area contributed by atoms with E-state index in [4.69, 9.17) is 0 Å². The van der Waals surface area contributed by atoms with Crippen molar-refractivity contribution in [3.05, 3.63) is 35.9 Å². The monoisotopic (exact) mass is 352 g/mol. The fourth-order valence-electron chi connectivity index (χ4n) is 5.02. The lowest BCUT2D eigenvalue weighted by atomic mass is 9.67. The average molecular weight is 352 g/mol. The molecule has 2 aliphatic heterocycles. The molecule has 0 bridgehead atoms. The molecule has 1 atom stereocenters. The van der Waals surface area contributed by atoms with Gasteiger partial charge in [-0.2, -0.15) is 0 Å². The molecule has 1 spiro atoms. The zero-order valence-corrected chi connectivity index (χ0v) is 15.4. The number of piperidine rings is 2. The summed E-state index contributed by atoms with van der Waals surface area (Å²) in [6, 6.07) is 10.8. The molecule has 4 nitrogen and oxygen atoms in total. The Morgan fingerprint density at radius 1 is 1.00 bits per heavy atom. The summed E-state index contributed by atoms with van der Waals surface area (Å²) >= 11 is 0. The number of carbonyl (C=O) groups is 2. The van der Waals surface area contributed by atoms with E-state index in [9.17, 15) is 9.59 Å². The number of nitrogens with zero attached hydrogens (tertiary/aromatic N) is 2. The SMILES string of the molecule is O=C(C1CC1)N1CCC2(CC1)C[C@H](c1ccccc1)C(=O)N(C1CC1)C2. The maximum Gasteiger partial charge on any atom is 0.230 e. The molecule has 5 rings (SSSR count). The lowest BCUT2D eigenvalue weighted by Crippen LogP contribution is -2.55. The van der Waals surface area contributed by atoms with E-state index in [0.717, 1.165) is 64.6 Å². The van der Waals surface area contributed by atoms with E-state index in [1.165, 1.54) is 5.56 Å². The summed E-state index contributed by atoms with van der Waals surface area (Å²) in [6.07, 6.45) is 7.54. The summed E-state index contributed by atoms with van der Waals surface area (Å²) in [5.74, 6) is 1.03. The smallest absolute Gasteiger partial charge is 0.230 e.